The minimum atomic E-state index is -4.51. The summed E-state index contributed by atoms with van der Waals surface area (Å²) in [4.78, 5) is 36.1. The van der Waals surface area contributed by atoms with Gasteiger partial charge in [0.2, 0.25) is 11.8 Å². The van der Waals surface area contributed by atoms with Crippen molar-refractivity contribution in [3.8, 4) is 0 Å². The van der Waals surface area contributed by atoms with Gasteiger partial charge in [-0.1, -0.05) is 18.2 Å². The molecule has 1 atom stereocenters. The Balaban J connectivity index is 1.89. The van der Waals surface area contributed by atoms with Gasteiger partial charge in [-0.25, -0.2) is 4.79 Å². The lowest BCUT2D eigenvalue weighted by atomic mass is 10.0. The number of nitrogens with one attached hydrogen (secondary N) is 1. The van der Waals surface area contributed by atoms with Gasteiger partial charge >= 0.3 is 12.1 Å². The van der Waals surface area contributed by atoms with Gasteiger partial charge in [0.25, 0.3) is 0 Å². The number of hydrogen-bond acceptors (Lipinski definition) is 4. The van der Waals surface area contributed by atoms with Crippen LogP contribution in [0.5, 0.6) is 0 Å². The van der Waals surface area contributed by atoms with Crippen molar-refractivity contribution >= 4 is 17.8 Å². The van der Waals surface area contributed by atoms with Crippen molar-refractivity contribution in [3.05, 3.63) is 35.4 Å². The Morgan fingerprint density at radius 1 is 1.29 bits per heavy atom. The van der Waals surface area contributed by atoms with E-state index in [1.54, 1.807) is 29.6 Å². The number of ether oxygens (including phenoxy) is 1. The van der Waals surface area contributed by atoms with Crippen molar-refractivity contribution in [2.24, 2.45) is 0 Å². The maximum absolute atomic E-state index is 12.1. The molecule has 0 fully saturated rings. The third-order valence-corrected chi connectivity index (χ3v) is 3.43. The van der Waals surface area contributed by atoms with Crippen molar-refractivity contribution in [1.82, 2.24) is 10.2 Å². The van der Waals surface area contributed by atoms with Gasteiger partial charge in [0.1, 0.15) is 12.6 Å². The summed E-state index contributed by atoms with van der Waals surface area (Å²) in [6.07, 6.45) is -5.46. The molecule has 0 saturated heterocycles. The molecule has 1 aromatic rings. The standard InChI is InChI=1S/C15H15F3N2O4/c1-20(7-12(21)19-8-15(16,17)18)13(22)6-11-9-4-2-3-5-10(9)14(23)24-11/h2-5,11H,6-8H2,1H3,(H,19,21)/t11-/m1/s1. The number of fused-ring (bicyclic) bond motifs is 1. The fraction of sp³-hybridized carbons (Fsp3) is 0.400. The zero-order chi connectivity index (χ0) is 17.9. The maximum Gasteiger partial charge on any atom is 0.405 e. The number of esters is 1. The monoisotopic (exact) mass is 344 g/mol. The summed E-state index contributed by atoms with van der Waals surface area (Å²) < 4.78 is 41.2. The van der Waals surface area contributed by atoms with E-state index in [1.807, 2.05) is 0 Å². The topological polar surface area (TPSA) is 75.7 Å². The number of nitrogens with zero attached hydrogens (tertiary/aromatic N) is 1. The minimum absolute atomic E-state index is 0.189. The van der Waals surface area contributed by atoms with Gasteiger partial charge in [0.05, 0.1) is 18.5 Å². The van der Waals surface area contributed by atoms with Crippen LogP contribution in [0.1, 0.15) is 28.4 Å². The molecule has 0 unspecified atom stereocenters. The summed E-state index contributed by atoms with van der Waals surface area (Å²) in [6, 6.07) is 6.61. The molecule has 9 heteroatoms. The van der Waals surface area contributed by atoms with Crippen LogP contribution in [0, 0.1) is 0 Å². The largest absolute Gasteiger partial charge is 0.453 e. The normalized spacial score (nSPS) is 16.3. The number of benzene rings is 1. The first kappa shape index (κ1) is 17.8. The summed E-state index contributed by atoms with van der Waals surface area (Å²) in [5.74, 6) is -1.98. The van der Waals surface area contributed by atoms with E-state index in [9.17, 15) is 27.6 Å². The highest BCUT2D eigenvalue weighted by Crippen LogP contribution is 2.32. The van der Waals surface area contributed by atoms with Gasteiger partial charge in [-0.05, 0) is 6.07 Å². The van der Waals surface area contributed by atoms with Crippen LogP contribution < -0.4 is 5.32 Å². The van der Waals surface area contributed by atoms with Crippen LogP contribution in [-0.4, -0.2) is 49.0 Å². The number of likely N-dealkylation sites (N-methyl/N-ethyl adjacent to an activating group) is 1. The van der Waals surface area contributed by atoms with E-state index < -0.39 is 43.2 Å². The van der Waals surface area contributed by atoms with Crippen LogP contribution >= 0.6 is 0 Å². The molecule has 2 amide bonds. The van der Waals surface area contributed by atoms with E-state index in [4.69, 9.17) is 4.74 Å². The molecular weight excluding hydrogens is 329 g/mol. The minimum Gasteiger partial charge on any atom is -0.453 e. The first-order valence-corrected chi connectivity index (χ1v) is 7.04. The van der Waals surface area contributed by atoms with E-state index in [2.05, 4.69) is 0 Å². The number of cyclic esters (lactones) is 1. The second kappa shape index (κ2) is 6.90. The van der Waals surface area contributed by atoms with Gasteiger partial charge in [-0.15, -0.1) is 0 Å². The zero-order valence-electron chi connectivity index (χ0n) is 12.7. The first-order valence-electron chi connectivity index (χ1n) is 7.04. The molecule has 0 aliphatic carbocycles. The second-order valence-electron chi connectivity index (χ2n) is 5.33. The molecule has 0 radical (unpaired) electrons. The Morgan fingerprint density at radius 3 is 2.62 bits per heavy atom. The first-order chi connectivity index (χ1) is 11.2. The van der Waals surface area contributed by atoms with Crippen molar-refractivity contribution < 1.29 is 32.3 Å². The third kappa shape index (κ3) is 4.46. The van der Waals surface area contributed by atoms with Gasteiger partial charge in [-0.2, -0.15) is 13.2 Å². The lowest BCUT2D eigenvalue weighted by Crippen LogP contribution is -2.42. The van der Waals surface area contributed by atoms with E-state index in [1.165, 1.54) is 7.05 Å². The third-order valence-electron chi connectivity index (χ3n) is 3.43. The fourth-order valence-electron chi connectivity index (χ4n) is 2.24. The number of carbonyl (C=O) groups is 3. The van der Waals surface area contributed by atoms with Crippen LogP contribution in [0.2, 0.25) is 0 Å². The smallest absolute Gasteiger partial charge is 0.405 e. The summed E-state index contributed by atoms with van der Waals surface area (Å²) in [6.45, 7) is -1.97. The molecule has 1 aliphatic heterocycles. The van der Waals surface area contributed by atoms with Gasteiger partial charge in [0, 0.05) is 12.6 Å². The Hall–Kier alpha value is -2.58. The van der Waals surface area contributed by atoms with E-state index in [0.29, 0.717) is 11.1 Å². The predicted molar refractivity (Wildman–Crippen MR) is 75.9 cm³/mol. The van der Waals surface area contributed by atoms with Gasteiger partial charge < -0.3 is 15.0 Å². The molecule has 0 spiro atoms. The zero-order valence-corrected chi connectivity index (χ0v) is 12.7. The highest BCUT2D eigenvalue weighted by atomic mass is 19.4. The van der Waals surface area contributed by atoms with Crippen LogP contribution in [0.3, 0.4) is 0 Å². The van der Waals surface area contributed by atoms with Crippen LogP contribution in [-0.2, 0) is 14.3 Å². The molecule has 0 saturated carbocycles. The summed E-state index contributed by atoms with van der Waals surface area (Å²) in [5.41, 5.74) is 0.951. The molecule has 24 heavy (non-hydrogen) atoms. The molecule has 6 nitrogen and oxygen atoms in total. The lowest BCUT2D eigenvalue weighted by Gasteiger charge is -2.19. The van der Waals surface area contributed by atoms with E-state index >= 15 is 0 Å². The number of carbonyl (C=O) groups excluding carboxylic acids is 3. The molecule has 1 aliphatic rings. The molecule has 1 heterocycles. The number of hydrogen-bond donors (Lipinski definition) is 1. The van der Waals surface area contributed by atoms with Crippen LogP contribution in [0.15, 0.2) is 24.3 Å². The number of amides is 2. The Morgan fingerprint density at radius 2 is 1.96 bits per heavy atom. The summed E-state index contributed by atoms with van der Waals surface area (Å²) in [5, 5.41) is 1.68. The lowest BCUT2D eigenvalue weighted by molar-refractivity contribution is -0.142. The summed E-state index contributed by atoms with van der Waals surface area (Å²) >= 11 is 0. The van der Waals surface area contributed by atoms with E-state index in [0.717, 1.165) is 4.90 Å². The fourth-order valence-corrected chi connectivity index (χ4v) is 2.24. The molecule has 1 N–H and O–H groups in total. The molecule has 1 aromatic carbocycles. The van der Waals surface area contributed by atoms with E-state index in [-0.39, 0.29) is 6.42 Å². The van der Waals surface area contributed by atoms with Crippen LogP contribution in [0.4, 0.5) is 13.2 Å². The highest BCUT2D eigenvalue weighted by molar-refractivity contribution is 5.95. The van der Waals surface area contributed by atoms with Crippen molar-refractivity contribution in [2.75, 3.05) is 20.1 Å². The quantitative estimate of drug-likeness (QED) is 0.820. The SMILES string of the molecule is CN(CC(=O)NCC(F)(F)F)C(=O)C[C@H]1OC(=O)c2ccccc21. The maximum atomic E-state index is 12.1. The van der Waals surface area contributed by atoms with Crippen molar-refractivity contribution in [3.63, 3.8) is 0 Å². The number of halogens is 3. The molecule has 0 aromatic heterocycles. The average molecular weight is 344 g/mol. The molecular formula is C15H15F3N2O4. The Labute approximate surface area is 135 Å². The summed E-state index contributed by atoms with van der Waals surface area (Å²) in [7, 11) is 1.29. The van der Waals surface area contributed by atoms with Gasteiger partial charge in [0.15, 0.2) is 0 Å². The predicted octanol–water partition coefficient (Wildman–Crippen LogP) is 1.43. The molecule has 0 bridgehead atoms. The van der Waals surface area contributed by atoms with Crippen LogP contribution in [0.25, 0.3) is 0 Å². The molecule has 130 valence electrons. The molecule has 2 rings (SSSR count). The Kier molecular flexibility index (Phi) is 5.10. The number of rotatable bonds is 5. The average Bonchev–Trinajstić information content (AvgIpc) is 2.81. The number of alkyl halides is 3. The van der Waals surface area contributed by atoms with Crippen molar-refractivity contribution in [2.45, 2.75) is 18.7 Å². The second-order valence-corrected chi connectivity index (χ2v) is 5.33. The van der Waals surface area contributed by atoms with Gasteiger partial charge in [-0.3, -0.25) is 9.59 Å². The highest BCUT2D eigenvalue weighted by Gasteiger charge is 2.33. The van der Waals surface area contributed by atoms with Crippen molar-refractivity contribution in [1.29, 1.82) is 0 Å². The Bertz CT molecular complexity index is 660.